The number of carbonyl (C=O) groups is 2. The van der Waals surface area contributed by atoms with Gasteiger partial charge in [0.25, 0.3) is 15.7 Å². The summed E-state index contributed by atoms with van der Waals surface area (Å²) in [5.74, 6) is -1.11. The summed E-state index contributed by atoms with van der Waals surface area (Å²) in [6.07, 6.45) is 0.884. The van der Waals surface area contributed by atoms with Gasteiger partial charge < -0.3 is 10.2 Å². The Morgan fingerprint density at radius 2 is 1.52 bits per heavy atom. The monoisotopic (exact) mass is 634 g/mol. The van der Waals surface area contributed by atoms with E-state index in [2.05, 4.69) is 5.32 Å². The average Bonchev–Trinajstić information content (AvgIpc) is 2.97. The Labute approximate surface area is 255 Å². The van der Waals surface area contributed by atoms with Gasteiger partial charge in [-0.25, -0.2) is 8.42 Å². The molecule has 42 heavy (non-hydrogen) atoms. The van der Waals surface area contributed by atoms with Crippen molar-refractivity contribution in [3.05, 3.63) is 98.5 Å². The first-order valence-electron chi connectivity index (χ1n) is 13.3. The van der Waals surface area contributed by atoms with E-state index in [1.54, 1.807) is 43.3 Å². The lowest BCUT2D eigenvalue weighted by atomic mass is 10.1. The van der Waals surface area contributed by atoms with Crippen molar-refractivity contribution in [3.63, 3.8) is 0 Å². The molecule has 3 aromatic carbocycles. The van der Waals surface area contributed by atoms with E-state index in [4.69, 9.17) is 23.2 Å². The summed E-state index contributed by atoms with van der Waals surface area (Å²) in [5.41, 5.74) is 0.187. The van der Waals surface area contributed by atoms with Gasteiger partial charge in [-0.3, -0.25) is 24.0 Å². The Morgan fingerprint density at radius 3 is 2.05 bits per heavy atom. The van der Waals surface area contributed by atoms with Crippen LogP contribution in [0.4, 0.5) is 11.4 Å². The molecule has 0 unspecified atom stereocenters. The zero-order valence-electron chi connectivity index (χ0n) is 23.4. The second-order valence-corrected chi connectivity index (χ2v) is 12.2. The van der Waals surface area contributed by atoms with E-state index in [1.165, 1.54) is 29.2 Å². The molecule has 1 N–H and O–H groups in total. The number of rotatable bonds is 13. The second kappa shape index (κ2) is 14.5. The number of amides is 2. The van der Waals surface area contributed by atoms with Crippen LogP contribution in [0.3, 0.4) is 0 Å². The highest BCUT2D eigenvalue weighted by atomic mass is 35.5. The van der Waals surface area contributed by atoms with Gasteiger partial charge in [0.1, 0.15) is 12.6 Å². The zero-order chi connectivity index (χ0) is 31.0. The van der Waals surface area contributed by atoms with Crippen LogP contribution in [0.15, 0.2) is 77.7 Å². The molecule has 13 heteroatoms. The van der Waals surface area contributed by atoms with Crippen LogP contribution in [0, 0.1) is 10.1 Å². The number of nitro groups is 1. The quantitative estimate of drug-likeness (QED) is 0.186. The summed E-state index contributed by atoms with van der Waals surface area (Å²) in [4.78, 5) is 39.3. The van der Waals surface area contributed by atoms with E-state index in [-0.39, 0.29) is 45.3 Å². The minimum Gasteiger partial charge on any atom is -0.352 e. The van der Waals surface area contributed by atoms with Crippen molar-refractivity contribution in [2.75, 3.05) is 10.8 Å². The molecule has 3 aromatic rings. The number of anilines is 1. The van der Waals surface area contributed by atoms with Gasteiger partial charge in [-0.05, 0) is 56.2 Å². The number of sulfonamides is 1. The molecule has 0 fully saturated rings. The maximum absolute atomic E-state index is 14.1. The summed E-state index contributed by atoms with van der Waals surface area (Å²) >= 11 is 12.8. The molecule has 2 amide bonds. The highest BCUT2D eigenvalue weighted by Gasteiger charge is 2.34. The lowest BCUT2D eigenvalue weighted by molar-refractivity contribution is -0.384. The number of non-ortho nitro benzene ring substituents is 1. The van der Waals surface area contributed by atoms with Crippen molar-refractivity contribution >= 4 is 56.4 Å². The van der Waals surface area contributed by atoms with Gasteiger partial charge in [-0.1, -0.05) is 61.3 Å². The highest BCUT2D eigenvalue weighted by molar-refractivity contribution is 7.92. The predicted molar refractivity (Wildman–Crippen MR) is 163 cm³/mol. The molecule has 0 aromatic heterocycles. The number of nitrogens with zero attached hydrogens (tertiary/aromatic N) is 3. The molecule has 224 valence electrons. The molecule has 10 nitrogen and oxygen atoms in total. The molecule has 0 heterocycles. The Hall–Kier alpha value is -3.67. The minimum absolute atomic E-state index is 0.0330. The van der Waals surface area contributed by atoms with Gasteiger partial charge in [0.15, 0.2) is 0 Å². The van der Waals surface area contributed by atoms with Crippen molar-refractivity contribution < 1.29 is 22.9 Å². The van der Waals surface area contributed by atoms with Gasteiger partial charge in [0, 0.05) is 40.3 Å². The van der Waals surface area contributed by atoms with E-state index in [9.17, 15) is 28.1 Å². The maximum atomic E-state index is 14.1. The number of hydrogen-bond acceptors (Lipinski definition) is 6. The number of carbonyl (C=O) groups excluding carboxylic acids is 2. The van der Waals surface area contributed by atoms with E-state index in [1.807, 2.05) is 13.8 Å². The summed E-state index contributed by atoms with van der Waals surface area (Å²) < 4.78 is 28.5. The summed E-state index contributed by atoms with van der Waals surface area (Å²) in [6, 6.07) is 16.0. The Morgan fingerprint density at radius 1 is 0.929 bits per heavy atom. The zero-order valence-corrected chi connectivity index (χ0v) is 25.7. The molecular weight excluding hydrogens is 603 g/mol. The van der Waals surface area contributed by atoms with Crippen LogP contribution in [-0.2, 0) is 26.2 Å². The third kappa shape index (κ3) is 7.78. The van der Waals surface area contributed by atoms with Gasteiger partial charge in [-0.15, -0.1) is 0 Å². The summed E-state index contributed by atoms with van der Waals surface area (Å²) in [7, 11) is -4.32. The molecule has 0 bridgehead atoms. The fourth-order valence-corrected chi connectivity index (χ4v) is 6.16. The lowest BCUT2D eigenvalue weighted by Crippen LogP contribution is -2.53. The predicted octanol–water partition coefficient (Wildman–Crippen LogP) is 5.82. The third-order valence-electron chi connectivity index (χ3n) is 6.74. The SMILES string of the molecule is CC[C@@H](C)NC(=O)[C@@H](CC)N(Cc1c(Cl)cccc1Cl)C(=O)CN(c1ccc([N+](=O)[O-])cc1)S(=O)(=O)c1ccccc1. The first kappa shape index (κ1) is 32.8. The molecule has 0 aliphatic rings. The second-order valence-electron chi connectivity index (χ2n) is 9.56. The molecule has 0 radical (unpaired) electrons. The number of benzene rings is 3. The molecule has 0 saturated carbocycles. The maximum Gasteiger partial charge on any atom is 0.269 e. The van der Waals surface area contributed by atoms with Gasteiger partial charge in [0.2, 0.25) is 11.8 Å². The Balaban J connectivity index is 2.11. The van der Waals surface area contributed by atoms with E-state index >= 15 is 0 Å². The van der Waals surface area contributed by atoms with Crippen LogP contribution in [0.5, 0.6) is 0 Å². The number of nitro benzene ring substituents is 1. The van der Waals surface area contributed by atoms with Crippen LogP contribution < -0.4 is 9.62 Å². The first-order valence-corrected chi connectivity index (χ1v) is 15.4. The van der Waals surface area contributed by atoms with Crippen LogP contribution >= 0.6 is 23.2 Å². The minimum atomic E-state index is -4.32. The van der Waals surface area contributed by atoms with Crippen LogP contribution in [-0.4, -0.2) is 48.7 Å². The molecule has 0 spiro atoms. The Bertz CT molecular complexity index is 1500. The van der Waals surface area contributed by atoms with Gasteiger partial charge >= 0.3 is 0 Å². The standard InChI is InChI=1S/C29H32Cl2N4O6S/c1-4-20(3)32-29(37)27(5-2)33(18-24-25(30)12-9-13-26(24)31)28(36)19-34(21-14-16-22(17-15-21)35(38)39)42(40,41)23-10-7-6-8-11-23/h6-17,20,27H,4-5,18-19H2,1-3H3,(H,32,37)/t20-,27-/m1/s1. The van der Waals surface area contributed by atoms with Crippen molar-refractivity contribution in [1.29, 1.82) is 0 Å². The fraction of sp³-hybridized carbons (Fsp3) is 0.310. The van der Waals surface area contributed by atoms with Crippen molar-refractivity contribution in [2.24, 2.45) is 0 Å². The molecule has 0 aliphatic heterocycles. The molecular formula is C29H32Cl2N4O6S. The van der Waals surface area contributed by atoms with Gasteiger partial charge in [0.05, 0.1) is 15.5 Å². The molecule has 3 rings (SSSR count). The van der Waals surface area contributed by atoms with E-state index < -0.39 is 39.3 Å². The topological polar surface area (TPSA) is 130 Å². The number of halogens is 2. The molecule has 2 atom stereocenters. The van der Waals surface area contributed by atoms with Crippen molar-refractivity contribution in [3.8, 4) is 0 Å². The van der Waals surface area contributed by atoms with E-state index in [0.717, 1.165) is 16.4 Å². The van der Waals surface area contributed by atoms with Crippen molar-refractivity contribution in [1.82, 2.24) is 10.2 Å². The number of hydrogen-bond donors (Lipinski definition) is 1. The van der Waals surface area contributed by atoms with Gasteiger partial charge in [-0.2, -0.15) is 0 Å². The van der Waals surface area contributed by atoms with Crippen LogP contribution in [0.1, 0.15) is 39.2 Å². The first-order chi connectivity index (χ1) is 19.9. The van der Waals surface area contributed by atoms with Crippen LogP contribution in [0.2, 0.25) is 10.0 Å². The fourth-order valence-electron chi connectivity index (χ4n) is 4.20. The Kier molecular flexibility index (Phi) is 11.3. The third-order valence-corrected chi connectivity index (χ3v) is 9.23. The average molecular weight is 636 g/mol. The largest absolute Gasteiger partial charge is 0.352 e. The van der Waals surface area contributed by atoms with E-state index in [0.29, 0.717) is 12.0 Å². The molecule has 0 aliphatic carbocycles. The summed E-state index contributed by atoms with van der Waals surface area (Å²) in [5, 5.41) is 14.7. The lowest BCUT2D eigenvalue weighted by Gasteiger charge is -2.34. The van der Waals surface area contributed by atoms with Crippen molar-refractivity contribution in [2.45, 2.75) is 57.1 Å². The number of nitrogens with one attached hydrogen (secondary N) is 1. The normalized spacial score (nSPS) is 12.7. The van der Waals surface area contributed by atoms with Crippen LogP contribution in [0.25, 0.3) is 0 Å². The highest BCUT2D eigenvalue weighted by Crippen LogP contribution is 2.29. The summed E-state index contributed by atoms with van der Waals surface area (Å²) in [6.45, 7) is 4.62. The smallest absolute Gasteiger partial charge is 0.269 e. The molecule has 0 saturated heterocycles.